The van der Waals surface area contributed by atoms with Crippen LogP contribution in [0.1, 0.15) is 77.0 Å². The van der Waals surface area contributed by atoms with E-state index in [4.69, 9.17) is 15.2 Å². The third-order valence-electron chi connectivity index (χ3n) is 8.08. The van der Waals surface area contributed by atoms with Crippen LogP contribution in [0.3, 0.4) is 0 Å². The average molecular weight is 533 g/mol. The number of amides is 2. The van der Waals surface area contributed by atoms with Gasteiger partial charge in [-0.15, -0.1) is 0 Å². The van der Waals surface area contributed by atoms with Crippen LogP contribution in [0.2, 0.25) is 0 Å². The molecule has 1 aliphatic carbocycles. The maximum absolute atomic E-state index is 11.1. The maximum Gasteiger partial charge on any atom is 0.407 e. The lowest BCUT2D eigenvalue weighted by Gasteiger charge is -2.47. The van der Waals surface area contributed by atoms with Crippen molar-refractivity contribution in [3.8, 4) is 0 Å². The maximum atomic E-state index is 11.1. The molecule has 212 valence electrons. The minimum atomic E-state index is -1.29. The molecule has 0 aromatic carbocycles. The number of nitrogens with one attached hydrogen (secondary N) is 4. The third kappa shape index (κ3) is 8.32. The number of hydrogen-bond acceptors (Lipinski definition) is 8. The molecule has 2 atom stereocenters. The van der Waals surface area contributed by atoms with Crippen LogP contribution in [-0.4, -0.2) is 87.9 Å². The van der Waals surface area contributed by atoms with Gasteiger partial charge in [0.1, 0.15) is 5.82 Å². The Hall–Kier alpha value is -2.86. The Morgan fingerprint density at radius 3 is 2.29 bits per heavy atom. The van der Waals surface area contributed by atoms with Gasteiger partial charge in [-0.25, -0.2) is 14.6 Å². The number of carbonyl (C=O) groups is 2. The number of nitrogens with zero attached hydrogens (tertiary/aromatic N) is 4. The second kappa shape index (κ2) is 14.3. The Bertz CT molecular complexity index is 876. The summed E-state index contributed by atoms with van der Waals surface area (Å²) in [5.41, 5.74) is 0. The Morgan fingerprint density at radius 1 is 0.921 bits per heavy atom. The number of hydrogen-bond donors (Lipinski definition) is 6. The van der Waals surface area contributed by atoms with Gasteiger partial charge in [0.2, 0.25) is 5.95 Å². The summed E-state index contributed by atoms with van der Waals surface area (Å²) >= 11 is 0. The normalized spacial score (nSPS) is 23.6. The molecule has 1 saturated carbocycles. The van der Waals surface area contributed by atoms with Gasteiger partial charge in [-0.05, 0) is 57.6 Å². The molecule has 2 amide bonds. The zero-order chi connectivity index (χ0) is 26.7. The minimum absolute atomic E-state index is 0.144. The minimum Gasteiger partial charge on any atom is -0.465 e. The summed E-state index contributed by atoms with van der Waals surface area (Å²) in [5, 5.41) is 29.2. The molecule has 2 saturated heterocycles. The van der Waals surface area contributed by atoms with E-state index >= 15 is 0 Å². The molecule has 3 aliphatic rings. The number of carboxylic acid groups (broad SMARTS) is 2. The fourth-order valence-corrected chi connectivity index (χ4v) is 6.31. The van der Waals surface area contributed by atoms with Gasteiger partial charge in [0.05, 0.1) is 0 Å². The van der Waals surface area contributed by atoms with Crippen LogP contribution in [0.25, 0.3) is 0 Å². The number of rotatable bonds is 10. The van der Waals surface area contributed by atoms with Gasteiger partial charge in [0.25, 0.3) is 0 Å². The van der Waals surface area contributed by atoms with Gasteiger partial charge in [-0.2, -0.15) is 4.98 Å². The highest BCUT2D eigenvalue weighted by atomic mass is 16.4. The van der Waals surface area contributed by atoms with Crippen molar-refractivity contribution in [2.45, 2.75) is 101 Å². The first-order valence-electron chi connectivity index (χ1n) is 14.3. The molecule has 2 unspecified atom stereocenters. The number of aromatic nitrogens is 2. The average Bonchev–Trinajstić information content (AvgIpc) is 3.19. The first kappa shape index (κ1) is 28.2. The van der Waals surface area contributed by atoms with E-state index in [9.17, 15) is 9.59 Å². The second-order valence-electron chi connectivity index (χ2n) is 10.7. The van der Waals surface area contributed by atoms with Gasteiger partial charge in [-0.1, -0.05) is 32.1 Å². The van der Waals surface area contributed by atoms with E-state index < -0.39 is 18.5 Å². The zero-order valence-corrected chi connectivity index (χ0v) is 22.3. The quantitative estimate of drug-likeness (QED) is 0.247. The predicted molar refractivity (Wildman–Crippen MR) is 145 cm³/mol. The summed E-state index contributed by atoms with van der Waals surface area (Å²) in [6.07, 6.45) is 12.1. The fraction of sp³-hybridized carbons (Fsp3) is 0.769. The first-order chi connectivity index (χ1) is 18.5. The summed E-state index contributed by atoms with van der Waals surface area (Å²) in [7, 11) is 0. The van der Waals surface area contributed by atoms with Crippen LogP contribution in [0.15, 0.2) is 12.3 Å². The number of likely N-dealkylation sites (tertiary alicyclic amines) is 1. The van der Waals surface area contributed by atoms with E-state index in [1.165, 1.54) is 57.8 Å². The van der Waals surface area contributed by atoms with Crippen molar-refractivity contribution in [1.82, 2.24) is 30.8 Å². The third-order valence-corrected chi connectivity index (χ3v) is 8.08. The molecule has 38 heavy (non-hydrogen) atoms. The summed E-state index contributed by atoms with van der Waals surface area (Å²) in [6.45, 7) is 3.54. The van der Waals surface area contributed by atoms with E-state index in [1.54, 1.807) is 0 Å². The summed E-state index contributed by atoms with van der Waals surface area (Å²) in [5.74, 6) is 1.63. The second-order valence-corrected chi connectivity index (χ2v) is 10.7. The van der Waals surface area contributed by atoms with Gasteiger partial charge in [0, 0.05) is 44.0 Å². The van der Waals surface area contributed by atoms with Crippen molar-refractivity contribution in [2.24, 2.45) is 0 Å². The van der Waals surface area contributed by atoms with Crippen molar-refractivity contribution in [3.63, 3.8) is 0 Å². The molecule has 2 aliphatic heterocycles. The van der Waals surface area contributed by atoms with Crippen LogP contribution in [0.5, 0.6) is 0 Å². The van der Waals surface area contributed by atoms with Gasteiger partial charge >= 0.3 is 12.2 Å². The molecule has 12 nitrogen and oxygen atoms in total. The molecule has 1 aromatic heterocycles. The lowest BCUT2D eigenvalue weighted by atomic mass is 9.87. The van der Waals surface area contributed by atoms with Gasteiger partial charge in [0.15, 0.2) is 6.29 Å². The van der Waals surface area contributed by atoms with Crippen LogP contribution in [0.4, 0.5) is 21.4 Å². The molecule has 0 spiro atoms. The lowest BCUT2D eigenvalue weighted by Crippen LogP contribution is -2.59. The van der Waals surface area contributed by atoms with E-state index in [2.05, 4.69) is 36.1 Å². The standard InChI is InChI=1S/C26H44N8O4/c35-25(36)31-24(32-26(37)38)27-14-12-21-20(11-8-18-34(21)19-9-4-3-5-10-19)29-23-28-15-13-22(30-23)33-16-6-1-2-7-17-33/h13,15,19-21,24,27,31-32H,1-12,14,16-18H2,(H,35,36)(H,37,38)(H,28,29,30). The predicted octanol–water partition coefficient (Wildman–Crippen LogP) is 3.23. The Labute approximate surface area is 225 Å². The van der Waals surface area contributed by atoms with Crippen molar-refractivity contribution < 1.29 is 19.8 Å². The van der Waals surface area contributed by atoms with Crippen LogP contribution < -0.4 is 26.2 Å². The fourth-order valence-electron chi connectivity index (χ4n) is 6.31. The number of piperidine rings is 1. The molecule has 4 rings (SSSR count). The van der Waals surface area contributed by atoms with Crippen molar-refractivity contribution in [3.05, 3.63) is 12.3 Å². The first-order valence-corrected chi connectivity index (χ1v) is 14.3. The molecule has 12 heteroatoms. The van der Waals surface area contributed by atoms with Gasteiger partial charge < -0.3 is 20.4 Å². The molecular formula is C26H44N8O4. The highest BCUT2D eigenvalue weighted by Gasteiger charge is 2.36. The van der Waals surface area contributed by atoms with Crippen molar-refractivity contribution in [1.29, 1.82) is 0 Å². The molecule has 0 radical (unpaired) electrons. The zero-order valence-electron chi connectivity index (χ0n) is 22.3. The smallest absolute Gasteiger partial charge is 0.407 e. The Morgan fingerprint density at radius 2 is 1.61 bits per heavy atom. The van der Waals surface area contributed by atoms with E-state index in [-0.39, 0.29) is 12.1 Å². The van der Waals surface area contributed by atoms with E-state index in [0.29, 0.717) is 18.5 Å². The highest BCUT2D eigenvalue weighted by Crippen LogP contribution is 2.31. The summed E-state index contributed by atoms with van der Waals surface area (Å²) in [4.78, 5) is 36.7. The lowest BCUT2D eigenvalue weighted by molar-refractivity contribution is 0.0589. The van der Waals surface area contributed by atoms with Crippen LogP contribution in [-0.2, 0) is 0 Å². The van der Waals surface area contributed by atoms with Crippen LogP contribution >= 0.6 is 0 Å². The summed E-state index contributed by atoms with van der Waals surface area (Å²) < 4.78 is 0. The topological polar surface area (TPSA) is 155 Å². The molecule has 3 heterocycles. The monoisotopic (exact) mass is 532 g/mol. The van der Waals surface area contributed by atoms with Crippen molar-refractivity contribution >= 4 is 24.0 Å². The Balaban J connectivity index is 1.45. The van der Waals surface area contributed by atoms with Gasteiger partial charge in [-0.3, -0.25) is 20.9 Å². The molecule has 3 fully saturated rings. The SMILES string of the molecule is O=C(O)NC(NCCC1C(Nc2nccc(N3CCCCCC3)n2)CCCN1C1CCCCC1)NC(=O)O. The molecule has 1 aromatic rings. The number of anilines is 2. The van der Waals surface area contributed by atoms with Crippen molar-refractivity contribution in [2.75, 3.05) is 36.4 Å². The molecular weight excluding hydrogens is 488 g/mol. The largest absolute Gasteiger partial charge is 0.465 e. The summed E-state index contributed by atoms with van der Waals surface area (Å²) in [6, 6.07) is 2.87. The molecule has 6 N–H and O–H groups in total. The molecule has 0 bridgehead atoms. The highest BCUT2D eigenvalue weighted by molar-refractivity contribution is 5.68. The van der Waals surface area contributed by atoms with E-state index in [0.717, 1.165) is 44.7 Å². The van der Waals surface area contributed by atoms with E-state index in [1.807, 2.05) is 12.3 Å². The Kier molecular flexibility index (Phi) is 10.6. The van der Waals surface area contributed by atoms with Crippen LogP contribution in [0, 0.1) is 0 Å².